The Balaban J connectivity index is 1.55. The van der Waals surface area contributed by atoms with Gasteiger partial charge in [0.05, 0.1) is 22.9 Å². The normalized spacial score (nSPS) is 12.7. The van der Waals surface area contributed by atoms with Crippen LogP contribution in [0.1, 0.15) is 36.9 Å². The van der Waals surface area contributed by atoms with Gasteiger partial charge >= 0.3 is 5.69 Å². The number of aryl methyl sites for hydroxylation is 1. The SMILES string of the molecule is C[C@H](N)CCCc1cc(Cl)c(F)c(-c2cc3cn(-c4ccc([C@@H](N)C(=O)NCCN=C(N)N)cc4)c(=O)nc3[nH]2)c1. The van der Waals surface area contributed by atoms with Gasteiger partial charge in [-0.3, -0.25) is 14.4 Å². The standard InChI is InChI=1S/C28H33ClFN9O2/c1-15(31)3-2-4-16-11-20(23(30)21(29)12-16)22-13-18-14-39(28(41)38-25(18)37-22)19-7-5-17(6-8-19)24(32)26(40)35-9-10-36-27(33)34/h5-8,11-15,24H,2-4,9-10,31-32H2,1H3,(H,35,40)(H4,33,34,36)(H,37,38,41)/t15-,24+/m0/s1. The molecule has 2 atom stereocenters. The predicted molar refractivity (Wildman–Crippen MR) is 159 cm³/mol. The van der Waals surface area contributed by atoms with Crippen LogP contribution in [0.4, 0.5) is 4.39 Å². The molecule has 0 aliphatic rings. The number of amides is 1. The van der Waals surface area contributed by atoms with Crippen LogP contribution in [0.2, 0.25) is 5.02 Å². The Labute approximate surface area is 240 Å². The third kappa shape index (κ3) is 7.28. The molecule has 0 aliphatic carbocycles. The molecular formula is C28H33ClFN9O2. The molecule has 0 aliphatic heterocycles. The Kier molecular flexibility index (Phi) is 9.38. The number of H-pyrrole nitrogens is 1. The fraction of sp³-hybridized carbons (Fsp3) is 0.286. The summed E-state index contributed by atoms with van der Waals surface area (Å²) in [5, 5.41) is 3.28. The molecular weight excluding hydrogens is 549 g/mol. The third-order valence-electron chi connectivity index (χ3n) is 6.53. The van der Waals surface area contributed by atoms with Gasteiger partial charge in [-0.1, -0.05) is 23.7 Å². The van der Waals surface area contributed by atoms with E-state index in [1.54, 1.807) is 48.7 Å². The Bertz CT molecular complexity index is 1630. The molecule has 0 saturated carbocycles. The molecule has 10 N–H and O–H groups in total. The summed E-state index contributed by atoms with van der Waals surface area (Å²) < 4.78 is 16.4. The number of aromatic amines is 1. The van der Waals surface area contributed by atoms with Crippen LogP contribution in [-0.2, 0) is 11.2 Å². The lowest BCUT2D eigenvalue weighted by atomic mass is 10.0. The van der Waals surface area contributed by atoms with Crippen molar-refractivity contribution < 1.29 is 9.18 Å². The second kappa shape index (κ2) is 12.9. The highest BCUT2D eigenvalue weighted by molar-refractivity contribution is 6.31. The van der Waals surface area contributed by atoms with Crippen molar-refractivity contribution in [2.45, 2.75) is 38.3 Å². The average Bonchev–Trinajstić information content (AvgIpc) is 3.34. The number of fused-ring (bicyclic) bond motifs is 1. The van der Waals surface area contributed by atoms with Gasteiger partial charge in [-0.2, -0.15) is 4.98 Å². The number of carbonyl (C=O) groups is 1. The van der Waals surface area contributed by atoms with Gasteiger partial charge in [0.15, 0.2) is 11.8 Å². The minimum absolute atomic E-state index is 0.0187. The van der Waals surface area contributed by atoms with Crippen molar-refractivity contribution in [3.05, 3.63) is 81.1 Å². The van der Waals surface area contributed by atoms with Crippen molar-refractivity contribution in [3.8, 4) is 16.9 Å². The lowest BCUT2D eigenvalue weighted by Gasteiger charge is -2.13. The fourth-order valence-corrected chi connectivity index (χ4v) is 4.65. The Morgan fingerprint density at radius 1 is 1.20 bits per heavy atom. The topological polar surface area (TPSA) is 196 Å². The summed E-state index contributed by atoms with van der Waals surface area (Å²) in [5.41, 5.74) is 24.9. The number of nitrogens with one attached hydrogen (secondary N) is 2. The van der Waals surface area contributed by atoms with Crippen LogP contribution in [0.3, 0.4) is 0 Å². The van der Waals surface area contributed by atoms with E-state index in [4.69, 9.17) is 34.5 Å². The summed E-state index contributed by atoms with van der Waals surface area (Å²) in [6.07, 6.45) is 4.01. The first-order valence-electron chi connectivity index (χ1n) is 13.1. The first kappa shape index (κ1) is 29.7. The predicted octanol–water partition coefficient (Wildman–Crippen LogP) is 2.23. The van der Waals surface area contributed by atoms with Crippen molar-refractivity contribution in [1.82, 2.24) is 19.9 Å². The van der Waals surface area contributed by atoms with Gasteiger partial charge < -0.3 is 33.2 Å². The van der Waals surface area contributed by atoms with Crippen molar-refractivity contribution in [2.24, 2.45) is 27.9 Å². The zero-order valence-electron chi connectivity index (χ0n) is 22.5. The van der Waals surface area contributed by atoms with Crippen LogP contribution in [0, 0.1) is 5.82 Å². The van der Waals surface area contributed by atoms with Crippen molar-refractivity contribution in [2.75, 3.05) is 13.1 Å². The highest BCUT2D eigenvalue weighted by Crippen LogP contribution is 2.31. The number of aromatic nitrogens is 3. The molecule has 0 spiro atoms. The highest BCUT2D eigenvalue weighted by atomic mass is 35.5. The van der Waals surface area contributed by atoms with Gasteiger partial charge in [-0.05, 0) is 67.6 Å². The lowest BCUT2D eigenvalue weighted by molar-refractivity contribution is -0.122. The summed E-state index contributed by atoms with van der Waals surface area (Å²) in [5.74, 6) is -1.02. The second-order valence-electron chi connectivity index (χ2n) is 9.86. The number of nitrogens with two attached hydrogens (primary N) is 4. The van der Waals surface area contributed by atoms with Crippen molar-refractivity contribution >= 4 is 34.5 Å². The van der Waals surface area contributed by atoms with Gasteiger partial charge in [0.25, 0.3) is 0 Å². The average molecular weight is 582 g/mol. The zero-order chi connectivity index (χ0) is 29.7. The second-order valence-corrected chi connectivity index (χ2v) is 10.3. The quantitative estimate of drug-likeness (QED) is 0.0886. The van der Waals surface area contributed by atoms with E-state index in [-0.39, 0.29) is 30.1 Å². The number of rotatable bonds is 11. The first-order chi connectivity index (χ1) is 19.5. The molecule has 216 valence electrons. The Morgan fingerprint density at radius 2 is 1.93 bits per heavy atom. The van der Waals surface area contributed by atoms with E-state index in [1.807, 2.05) is 6.92 Å². The van der Waals surface area contributed by atoms with Gasteiger partial charge in [0.1, 0.15) is 11.7 Å². The maximum Gasteiger partial charge on any atom is 0.354 e. The molecule has 4 rings (SSSR count). The number of halogens is 2. The molecule has 2 aromatic carbocycles. The van der Waals surface area contributed by atoms with Crippen LogP contribution in [0.15, 0.2) is 58.4 Å². The molecule has 1 amide bonds. The van der Waals surface area contributed by atoms with E-state index < -0.39 is 23.5 Å². The van der Waals surface area contributed by atoms with E-state index in [1.165, 1.54) is 4.57 Å². The first-order valence-corrected chi connectivity index (χ1v) is 13.5. The minimum Gasteiger partial charge on any atom is -0.370 e. The number of carbonyl (C=O) groups excluding carboxylic acids is 1. The molecule has 13 heteroatoms. The van der Waals surface area contributed by atoms with Crippen LogP contribution in [0.25, 0.3) is 28.0 Å². The van der Waals surface area contributed by atoms with Crippen molar-refractivity contribution in [1.29, 1.82) is 0 Å². The molecule has 11 nitrogen and oxygen atoms in total. The number of aliphatic imine (C=N–C) groups is 1. The van der Waals surface area contributed by atoms with Crippen LogP contribution >= 0.6 is 11.6 Å². The Morgan fingerprint density at radius 3 is 2.61 bits per heavy atom. The zero-order valence-corrected chi connectivity index (χ0v) is 23.3. The van der Waals surface area contributed by atoms with Gasteiger partial charge in [0.2, 0.25) is 5.91 Å². The van der Waals surface area contributed by atoms with E-state index >= 15 is 4.39 Å². The van der Waals surface area contributed by atoms with Crippen molar-refractivity contribution in [3.63, 3.8) is 0 Å². The summed E-state index contributed by atoms with van der Waals surface area (Å²) in [7, 11) is 0. The third-order valence-corrected chi connectivity index (χ3v) is 6.80. The van der Waals surface area contributed by atoms with Crippen LogP contribution in [-0.4, -0.2) is 45.5 Å². The van der Waals surface area contributed by atoms with Crippen LogP contribution < -0.4 is 33.9 Å². The summed E-state index contributed by atoms with van der Waals surface area (Å²) in [6.45, 7) is 2.41. The molecule has 0 saturated heterocycles. The molecule has 0 unspecified atom stereocenters. The monoisotopic (exact) mass is 581 g/mol. The number of nitrogens with zero attached hydrogens (tertiary/aromatic N) is 3. The summed E-state index contributed by atoms with van der Waals surface area (Å²) in [6, 6.07) is 10.9. The number of hydrogen-bond donors (Lipinski definition) is 6. The number of benzene rings is 2. The van der Waals surface area contributed by atoms with E-state index in [0.29, 0.717) is 40.0 Å². The maximum absolute atomic E-state index is 15.0. The molecule has 2 aromatic heterocycles. The molecule has 41 heavy (non-hydrogen) atoms. The Hall–Kier alpha value is -4.26. The number of guanidine groups is 1. The maximum atomic E-state index is 15.0. The summed E-state index contributed by atoms with van der Waals surface area (Å²) >= 11 is 6.21. The fourth-order valence-electron chi connectivity index (χ4n) is 4.41. The molecule has 0 fully saturated rings. The lowest BCUT2D eigenvalue weighted by Crippen LogP contribution is -2.36. The smallest absolute Gasteiger partial charge is 0.354 e. The molecule has 0 radical (unpaired) electrons. The molecule has 4 aromatic rings. The van der Waals surface area contributed by atoms with E-state index in [0.717, 1.165) is 18.4 Å². The van der Waals surface area contributed by atoms with E-state index in [2.05, 4.69) is 20.3 Å². The number of hydrogen-bond acceptors (Lipinski definition) is 6. The minimum atomic E-state index is -0.927. The summed E-state index contributed by atoms with van der Waals surface area (Å²) in [4.78, 5) is 36.2. The van der Waals surface area contributed by atoms with Gasteiger partial charge in [-0.25, -0.2) is 9.18 Å². The van der Waals surface area contributed by atoms with Gasteiger partial charge in [0, 0.05) is 29.7 Å². The van der Waals surface area contributed by atoms with Crippen LogP contribution in [0.5, 0.6) is 0 Å². The highest BCUT2D eigenvalue weighted by Gasteiger charge is 2.17. The van der Waals surface area contributed by atoms with Gasteiger partial charge in [-0.15, -0.1) is 0 Å². The molecule has 0 bridgehead atoms. The largest absolute Gasteiger partial charge is 0.370 e. The molecule has 2 heterocycles. The van der Waals surface area contributed by atoms with E-state index in [9.17, 15) is 9.59 Å².